The lowest BCUT2D eigenvalue weighted by molar-refractivity contribution is -0.144. The zero-order chi connectivity index (χ0) is 26.1. The number of nitrogens with one attached hydrogen (secondary N) is 1. The van der Waals surface area contributed by atoms with Gasteiger partial charge >= 0.3 is 6.18 Å². The fraction of sp³-hybridized carbons (Fsp3) is 0.120. The number of hydrogen-bond acceptors (Lipinski definition) is 4. The number of halogens is 4. The average molecular weight is 518 g/mol. The zero-order valence-corrected chi connectivity index (χ0v) is 19.6. The van der Waals surface area contributed by atoms with Crippen molar-refractivity contribution >= 4 is 21.4 Å². The van der Waals surface area contributed by atoms with Gasteiger partial charge in [0.1, 0.15) is 18.1 Å². The SMILES string of the molecule is CS(=O)(=O)c1ccc(-c2c(-c3ccc(F)cc3)nn(CC(=O)Nc3ccccc3)c2C(F)(F)F)cc1. The van der Waals surface area contributed by atoms with Crippen molar-refractivity contribution in [1.29, 1.82) is 0 Å². The van der Waals surface area contributed by atoms with Gasteiger partial charge in [0, 0.05) is 23.1 Å². The van der Waals surface area contributed by atoms with E-state index in [0.29, 0.717) is 10.4 Å². The summed E-state index contributed by atoms with van der Waals surface area (Å²) in [7, 11) is -3.59. The molecule has 0 bridgehead atoms. The quantitative estimate of drug-likeness (QED) is 0.347. The van der Waals surface area contributed by atoms with Crippen molar-refractivity contribution in [1.82, 2.24) is 9.78 Å². The van der Waals surface area contributed by atoms with E-state index >= 15 is 0 Å². The van der Waals surface area contributed by atoms with Crippen molar-refractivity contribution < 1.29 is 30.8 Å². The van der Waals surface area contributed by atoms with Crippen LogP contribution in [0.4, 0.5) is 23.2 Å². The fourth-order valence-electron chi connectivity index (χ4n) is 3.67. The van der Waals surface area contributed by atoms with Crippen LogP contribution in [-0.4, -0.2) is 30.4 Å². The monoisotopic (exact) mass is 517 g/mol. The van der Waals surface area contributed by atoms with Crippen molar-refractivity contribution in [2.24, 2.45) is 0 Å². The third-order valence-electron chi connectivity index (χ3n) is 5.26. The summed E-state index contributed by atoms with van der Waals surface area (Å²) in [6.07, 6.45) is -3.94. The Morgan fingerprint density at radius 3 is 2.06 bits per heavy atom. The number of amides is 1. The Hall–Kier alpha value is -3.99. The third kappa shape index (κ3) is 5.46. The van der Waals surface area contributed by atoms with Gasteiger partial charge in [0.15, 0.2) is 15.5 Å². The van der Waals surface area contributed by atoms with E-state index < -0.39 is 40.0 Å². The normalized spacial score (nSPS) is 11.9. The summed E-state index contributed by atoms with van der Waals surface area (Å²) in [5, 5.41) is 6.63. The Kier molecular flexibility index (Phi) is 6.68. The van der Waals surface area contributed by atoms with E-state index in [9.17, 15) is 30.8 Å². The molecule has 0 atom stereocenters. The third-order valence-corrected chi connectivity index (χ3v) is 6.39. The highest BCUT2D eigenvalue weighted by molar-refractivity contribution is 7.90. The molecule has 186 valence electrons. The van der Waals surface area contributed by atoms with Gasteiger partial charge in [-0.2, -0.15) is 18.3 Å². The molecule has 1 N–H and O–H groups in total. The van der Waals surface area contributed by atoms with Gasteiger partial charge < -0.3 is 5.32 Å². The minimum atomic E-state index is -4.93. The van der Waals surface area contributed by atoms with Gasteiger partial charge in [0.25, 0.3) is 0 Å². The summed E-state index contributed by atoms with van der Waals surface area (Å²) in [5.41, 5.74) is -1.07. The van der Waals surface area contributed by atoms with Gasteiger partial charge in [-0.3, -0.25) is 4.79 Å². The minimum absolute atomic E-state index is 0.0313. The Labute approximate surface area is 204 Å². The molecule has 1 aromatic heterocycles. The van der Waals surface area contributed by atoms with E-state index in [0.717, 1.165) is 18.4 Å². The van der Waals surface area contributed by atoms with Gasteiger partial charge in [-0.25, -0.2) is 17.5 Å². The first-order chi connectivity index (χ1) is 16.9. The van der Waals surface area contributed by atoms with Crippen molar-refractivity contribution in [3.63, 3.8) is 0 Å². The molecule has 0 aliphatic carbocycles. The van der Waals surface area contributed by atoms with Gasteiger partial charge in [-0.05, 0) is 54.1 Å². The first-order valence-corrected chi connectivity index (χ1v) is 12.4. The number of carbonyl (C=O) groups is 1. The minimum Gasteiger partial charge on any atom is -0.324 e. The van der Waals surface area contributed by atoms with Gasteiger partial charge in [0.2, 0.25) is 5.91 Å². The second kappa shape index (κ2) is 9.57. The van der Waals surface area contributed by atoms with E-state index in [2.05, 4.69) is 10.4 Å². The van der Waals surface area contributed by atoms with Crippen LogP contribution in [0.2, 0.25) is 0 Å². The molecule has 0 radical (unpaired) electrons. The second-order valence-corrected chi connectivity index (χ2v) is 9.96. The van der Waals surface area contributed by atoms with E-state index in [1.54, 1.807) is 30.3 Å². The molecule has 4 rings (SSSR count). The molecule has 1 amide bonds. The average Bonchev–Trinajstić information content (AvgIpc) is 3.19. The van der Waals surface area contributed by atoms with Crippen LogP contribution in [0.15, 0.2) is 83.8 Å². The summed E-state index contributed by atoms with van der Waals surface area (Å²) in [5.74, 6) is -1.32. The Morgan fingerprint density at radius 2 is 1.50 bits per heavy atom. The van der Waals surface area contributed by atoms with Crippen LogP contribution in [0.3, 0.4) is 0 Å². The number of nitrogens with zero attached hydrogens (tertiary/aromatic N) is 2. The number of carbonyl (C=O) groups excluding carboxylic acids is 1. The predicted molar refractivity (Wildman–Crippen MR) is 126 cm³/mol. The van der Waals surface area contributed by atoms with Crippen LogP contribution in [0.5, 0.6) is 0 Å². The van der Waals surface area contributed by atoms with Crippen LogP contribution < -0.4 is 5.32 Å². The molecule has 4 aromatic rings. The summed E-state index contributed by atoms with van der Waals surface area (Å²) < 4.78 is 80.9. The maximum Gasteiger partial charge on any atom is 0.433 e. The number of benzene rings is 3. The molecular formula is C25H19F4N3O3S. The lowest BCUT2D eigenvalue weighted by Gasteiger charge is -2.13. The molecule has 1 heterocycles. The van der Waals surface area contributed by atoms with E-state index in [1.807, 2.05) is 0 Å². The first kappa shape index (κ1) is 25.1. The smallest absolute Gasteiger partial charge is 0.324 e. The largest absolute Gasteiger partial charge is 0.433 e. The molecule has 6 nitrogen and oxygen atoms in total. The van der Waals surface area contributed by atoms with Crippen LogP contribution in [0, 0.1) is 5.82 Å². The highest BCUT2D eigenvalue weighted by atomic mass is 32.2. The molecule has 0 unspecified atom stereocenters. The van der Waals surface area contributed by atoms with Gasteiger partial charge in [-0.1, -0.05) is 30.3 Å². The summed E-state index contributed by atoms with van der Waals surface area (Å²) in [4.78, 5) is 12.5. The predicted octanol–water partition coefficient (Wildman–Crippen LogP) is 5.42. The molecule has 0 aliphatic heterocycles. The van der Waals surface area contributed by atoms with Crippen molar-refractivity contribution in [2.45, 2.75) is 17.6 Å². The summed E-state index contributed by atoms with van der Waals surface area (Å²) >= 11 is 0. The van der Waals surface area contributed by atoms with E-state index in [1.165, 1.54) is 36.4 Å². The topological polar surface area (TPSA) is 81.1 Å². The molecule has 0 spiro atoms. The lowest BCUT2D eigenvalue weighted by atomic mass is 9.98. The first-order valence-electron chi connectivity index (χ1n) is 10.5. The molecule has 11 heteroatoms. The van der Waals surface area contributed by atoms with Gasteiger partial charge in [-0.15, -0.1) is 0 Å². The Bertz CT molecular complexity index is 1500. The Morgan fingerprint density at radius 1 is 0.917 bits per heavy atom. The highest BCUT2D eigenvalue weighted by Crippen LogP contribution is 2.43. The summed E-state index contributed by atoms with van der Waals surface area (Å²) in [6.45, 7) is -0.751. The maximum atomic E-state index is 14.4. The number of alkyl halides is 3. The van der Waals surface area contributed by atoms with Crippen LogP contribution in [0.25, 0.3) is 22.4 Å². The molecule has 0 fully saturated rings. The van der Waals surface area contributed by atoms with Crippen LogP contribution in [0.1, 0.15) is 5.69 Å². The molecule has 0 saturated heterocycles. The van der Waals surface area contributed by atoms with E-state index in [-0.39, 0.29) is 27.3 Å². The van der Waals surface area contributed by atoms with Crippen molar-refractivity contribution in [3.05, 3.63) is 90.4 Å². The zero-order valence-electron chi connectivity index (χ0n) is 18.8. The van der Waals surface area contributed by atoms with E-state index in [4.69, 9.17) is 0 Å². The van der Waals surface area contributed by atoms with Crippen molar-refractivity contribution in [2.75, 3.05) is 11.6 Å². The summed E-state index contributed by atoms with van der Waals surface area (Å²) in [6, 6.07) is 17.8. The Balaban J connectivity index is 1.87. The molecule has 36 heavy (non-hydrogen) atoms. The molecule has 3 aromatic carbocycles. The van der Waals surface area contributed by atoms with Gasteiger partial charge in [0.05, 0.1) is 4.90 Å². The lowest BCUT2D eigenvalue weighted by Crippen LogP contribution is -2.24. The number of para-hydroxylation sites is 1. The molecular weight excluding hydrogens is 498 g/mol. The second-order valence-electron chi connectivity index (χ2n) is 7.95. The molecule has 0 saturated carbocycles. The van der Waals surface area contributed by atoms with Crippen molar-refractivity contribution in [3.8, 4) is 22.4 Å². The number of rotatable bonds is 6. The standard InChI is InChI=1S/C25H19F4N3O3S/c1-36(34,35)20-13-9-16(10-14-20)22-23(17-7-11-18(26)12-8-17)31-32(24(22)25(27,28)29)15-21(33)30-19-5-3-2-4-6-19/h2-14H,15H2,1H3,(H,30,33). The number of hydrogen-bond donors (Lipinski definition) is 1. The maximum absolute atomic E-state index is 14.4. The van der Waals surface area contributed by atoms with Crippen LogP contribution in [-0.2, 0) is 27.4 Å². The molecule has 0 aliphatic rings. The van der Waals surface area contributed by atoms with Crippen LogP contribution >= 0.6 is 0 Å². The fourth-order valence-corrected chi connectivity index (χ4v) is 4.30. The highest BCUT2D eigenvalue weighted by Gasteiger charge is 2.41. The number of aromatic nitrogens is 2. The number of sulfone groups is 1. The number of anilines is 1.